The van der Waals surface area contributed by atoms with Crippen molar-refractivity contribution >= 4 is 16.8 Å². The van der Waals surface area contributed by atoms with Crippen LogP contribution in [-0.4, -0.2) is 72.9 Å². The number of hydrogen-bond donors (Lipinski definition) is 1. The summed E-state index contributed by atoms with van der Waals surface area (Å²) in [6, 6.07) is 18.8. The first-order valence-corrected chi connectivity index (χ1v) is 11.3. The van der Waals surface area contributed by atoms with Crippen LogP contribution in [0.1, 0.15) is 35.2 Å². The van der Waals surface area contributed by atoms with Crippen LogP contribution in [0.25, 0.3) is 10.9 Å². The molecule has 1 N–H and O–H groups in total. The largest absolute Gasteiger partial charge is 0.361 e. The maximum Gasteiger partial charge on any atom is 0.253 e. The van der Waals surface area contributed by atoms with E-state index in [1.54, 1.807) is 0 Å². The summed E-state index contributed by atoms with van der Waals surface area (Å²) in [5.74, 6) is 0.0887. The molecule has 164 valence electrons. The molecule has 1 aliphatic heterocycles. The Labute approximate surface area is 185 Å². The van der Waals surface area contributed by atoms with Crippen molar-refractivity contribution in [1.29, 1.82) is 0 Å². The summed E-state index contributed by atoms with van der Waals surface area (Å²) in [7, 11) is 6.31. The van der Waals surface area contributed by atoms with Crippen LogP contribution in [0, 0.1) is 0 Å². The standard InChI is InChI=1S/C26H34N4O/c1-28(2)26(23-8-5-4-6-9-23)13-18-30(19-14-26)17-7-16-29(3)25(31)22-11-10-21-12-15-27-24(21)20-22/h4-6,8-12,15,20,27H,7,13-14,16-19H2,1-3H3. The molecule has 0 bridgehead atoms. The van der Waals surface area contributed by atoms with Crippen LogP contribution >= 0.6 is 0 Å². The maximum absolute atomic E-state index is 12.8. The zero-order valence-corrected chi connectivity index (χ0v) is 19.0. The van der Waals surface area contributed by atoms with Gasteiger partial charge in [-0.1, -0.05) is 36.4 Å². The number of piperidine rings is 1. The lowest BCUT2D eigenvalue weighted by Gasteiger charge is -2.46. The van der Waals surface area contributed by atoms with E-state index in [-0.39, 0.29) is 11.4 Å². The van der Waals surface area contributed by atoms with Crippen LogP contribution in [0.15, 0.2) is 60.8 Å². The van der Waals surface area contributed by atoms with E-state index in [0.29, 0.717) is 0 Å². The Morgan fingerprint density at radius 3 is 2.48 bits per heavy atom. The van der Waals surface area contributed by atoms with Crippen LogP contribution in [0.3, 0.4) is 0 Å². The van der Waals surface area contributed by atoms with Gasteiger partial charge in [-0.3, -0.25) is 9.69 Å². The van der Waals surface area contributed by atoms with Gasteiger partial charge in [-0.15, -0.1) is 0 Å². The summed E-state index contributed by atoms with van der Waals surface area (Å²) in [5.41, 5.74) is 3.30. The third-order valence-corrected chi connectivity index (χ3v) is 6.97. The van der Waals surface area contributed by atoms with Gasteiger partial charge in [0.1, 0.15) is 0 Å². The second kappa shape index (κ2) is 9.25. The Hall–Kier alpha value is -2.63. The number of hydrogen-bond acceptors (Lipinski definition) is 3. The molecule has 2 aromatic carbocycles. The number of carbonyl (C=O) groups excluding carboxylic acids is 1. The van der Waals surface area contributed by atoms with Gasteiger partial charge in [0.25, 0.3) is 5.91 Å². The summed E-state index contributed by atoms with van der Waals surface area (Å²) in [6.45, 7) is 3.99. The van der Waals surface area contributed by atoms with Gasteiger partial charge in [0.2, 0.25) is 0 Å². The molecule has 0 aliphatic carbocycles. The molecule has 5 nitrogen and oxygen atoms in total. The molecule has 1 aliphatic rings. The fourth-order valence-electron chi connectivity index (χ4n) is 4.92. The number of H-pyrrole nitrogens is 1. The van der Waals surface area contributed by atoms with Gasteiger partial charge in [0.05, 0.1) is 0 Å². The molecule has 5 heteroatoms. The second-order valence-electron chi connectivity index (χ2n) is 8.99. The van der Waals surface area contributed by atoms with Crippen molar-refractivity contribution in [2.45, 2.75) is 24.8 Å². The molecule has 0 radical (unpaired) electrons. The lowest BCUT2D eigenvalue weighted by atomic mass is 9.80. The minimum atomic E-state index is 0.0887. The quantitative estimate of drug-likeness (QED) is 0.626. The molecule has 0 saturated carbocycles. The van der Waals surface area contributed by atoms with E-state index in [4.69, 9.17) is 0 Å². The number of aromatic amines is 1. The van der Waals surface area contributed by atoms with Crippen LogP contribution in [0.5, 0.6) is 0 Å². The van der Waals surface area contributed by atoms with Crippen molar-refractivity contribution in [1.82, 2.24) is 19.7 Å². The molecule has 1 saturated heterocycles. The first-order chi connectivity index (χ1) is 15.0. The van der Waals surface area contributed by atoms with E-state index in [1.165, 1.54) is 5.56 Å². The van der Waals surface area contributed by atoms with E-state index in [2.05, 4.69) is 59.2 Å². The van der Waals surface area contributed by atoms with Gasteiger partial charge in [-0.2, -0.15) is 0 Å². The van der Waals surface area contributed by atoms with Crippen molar-refractivity contribution in [2.24, 2.45) is 0 Å². The minimum absolute atomic E-state index is 0.0887. The van der Waals surface area contributed by atoms with E-state index in [0.717, 1.165) is 61.9 Å². The maximum atomic E-state index is 12.8. The fourth-order valence-corrected chi connectivity index (χ4v) is 4.92. The second-order valence-corrected chi connectivity index (χ2v) is 8.99. The number of amides is 1. The van der Waals surface area contributed by atoms with Gasteiger partial charge in [-0.25, -0.2) is 0 Å². The predicted molar refractivity (Wildman–Crippen MR) is 127 cm³/mol. The molecule has 0 atom stereocenters. The highest BCUT2D eigenvalue weighted by molar-refractivity contribution is 5.97. The molecular formula is C26H34N4O. The van der Waals surface area contributed by atoms with E-state index >= 15 is 0 Å². The van der Waals surface area contributed by atoms with Gasteiger partial charge in [0, 0.05) is 49.5 Å². The molecule has 1 aromatic heterocycles. The fraction of sp³-hybridized carbons (Fsp3) is 0.423. The summed E-state index contributed by atoms with van der Waals surface area (Å²) in [6.07, 6.45) is 5.17. The van der Waals surface area contributed by atoms with E-state index in [9.17, 15) is 4.79 Å². The van der Waals surface area contributed by atoms with E-state index in [1.807, 2.05) is 42.4 Å². The lowest BCUT2D eigenvalue weighted by Crippen LogP contribution is -2.50. The van der Waals surface area contributed by atoms with Crippen molar-refractivity contribution < 1.29 is 4.79 Å². The molecule has 2 heterocycles. The Bertz CT molecular complexity index is 1000. The number of nitrogens with one attached hydrogen (secondary N) is 1. The van der Waals surface area contributed by atoms with Crippen molar-refractivity contribution in [3.05, 3.63) is 71.9 Å². The molecule has 1 fully saturated rings. The van der Waals surface area contributed by atoms with Crippen LogP contribution in [0.2, 0.25) is 0 Å². The normalized spacial score (nSPS) is 16.6. The number of fused-ring (bicyclic) bond motifs is 1. The molecule has 0 unspecified atom stereocenters. The summed E-state index contributed by atoms with van der Waals surface area (Å²) in [5, 5.41) is 1.13. The Kier molecular flexibility index (Phi) is 6.44. The number of likely N-dealkylation sites (tertiary alicyclic amines) is 1. The monoisotopic (exact) mass is 418 g/mol. The molecular weight excluding hydrogens is 384 g/mol. The third kappa shape index (κ3) is 4.53. The average Bonchev–Trinajstić information content (AvgIpc) is 3.27. The zero-order chi connectivity index (χ0) is 21.8. The van der Waals surface area contributed by atoms with Crippen LogP contribution in [-0.2, 0) is 5.54 Å². The topological polar surface area (TPSA) is 42.6 Å². The Balaban J connectivity index is 1.28. The number of aromatic nitrogens is 1. The SMILES string of the molecule is CN(CCCN1CCC(c2ccccc2)(N(C)C)CC1)C(=O)c1ccc2cc[nH]c2c1. The van der Waals surface area contributed by atoms with Crippen molar-refractivity contribution in [3.8, 4) is 0 Å². The highest BCUT2D eigenvalue weighted by atomic mass is 16.2. The molecule has 3 aromatic rings. The first kappa shape index (κ1) is 21.6. The number of nitrogens with zero attached hydrogens (tertiary/aromatic N) is 3. The highest BCUT2D eigenvalue weighted by Crippen LogP contribution is 2.37. The minimum Gasteiger partial charge on any atom is -0.361 e. The summed E-state index contributed by atoms with van der Waals surface area (Å²) >= 11 is 0. The molecule has 1 amide bonds. The summed E-state index contributed by atoms with van der Waals surface area (Å²) in [4.78, 5) is 22.8. The molecule has 0 spiro atoms. The average molecular weight is 419 g/mol. The molecule has 31 heavy (non-hydrogen) atoms. The van der Waals surface area contributed by atoms with Gasteiger partial charge >= 0.3 is 0 Å². The number of benzene rings is 2. The van der Waals surface area contributed by atoms with Gasteiger partial charge in [0.15, 0.2) is 0 Å². The van der Waals surface area contributed by atoms with Crippen LogP contribution in [0.4, 0.5) is 0 Å². The number of rotatable bonds is 7. The van der Waals surface area contributed by atoms with E-state index < -0.39 is 0 Å². The number of carbonyl (C=O) groups is 1. The smallest absolute Gasteiger partial charge is 0.253 e. The Morgan fingerprint density at radius 1 is 1.03 bits per heavy atom. The van der Waals surface area contributed by atoms with Crippen LogP contribution < -0.4 is 0 Å². The Morgan fingerprint density at radius 2 is 1.77 bits per heavy atom. The zero-order valence-electron chi connectivity index (χ0n) is 19.0. The third-order valence-electron chi connectivity index (χ3n) is 6.97. The summed E-state index contributed by atoms with van der Waals surface area (Å²) < 4.78 is 0. The van der Waals surface area contributed by atoms with Gasteiger partial charge in [-0.05, 0) is 69.1 Å². The van der Waals surface area contributed by atoms with Gasteiger partial charge < -0.3 is 14.8 Å². The lowest BCUT2D eigenvalue weighted by molar-refractivity contribution is 0.0518. The van der Waals surface area contributed by atoms with Crippen molar-refractivity contribution in [2.75, 3.05) is 47.3 Å². The first-order valence-electron chi connectivity index (χ1n) is 11.3. The predicted octanol–water partition coefficient (Wildman–Crippen LogP) is 4.18. The highest BCUT2D eigenvalue weighted by Gasteiger charge is 2.37. The van der Waals surface area contributed by atoms with Crippen molar-refractivity contribution in [3.63, 3.8) is 0 Å². The molecule has 4 rings (SSSR count).